The maximum atomic E-state index is 12.0. The molecule has 0 spiro atoms. The molecule has 2 amide bonds. The minimum Gasteiger partial charge on any atom is -0.393 e. The second kappa shape index (κ2) is 6.29. The lowest BCUT2D eigenvalue weighted by Gasteiger charge is -2.23. The summed E-state index contributed by atoms with van der Waals surface area (Å²) in [6.45, 7) is 3.92. The molecule has 0 aromatic rings. The van der Waals surface area contributed by atoms with E-state index >= 15 is 0 Å². The Balaban J connectivity index is 2.42. The first-order valence-electron chi connectivity index (χ1n) is 6.29. The second-order valence-corrected chi connectivity index (χ2v) is 5.94. The lowest BCUT2D eigenvalue weighted by atomic mass is 9.89. The molecule has 7 heteroatoms. The van der Waals surface area contributed by atoms with Gasteiger partial charge >= 0.3 is 0 Å². The van der Waals surface area contributed by atoms with Gasteiger partial charge in [-0.3, -0.25) is 14.5 Å². The molecular formula is C12H22N4O2S. The molecule has 0 saturated carbocycles. The van der Waals surface area contributed by atoms with E-state index in [2.05, 4.69) is 0 Å². The van der Waals surface area contributed by atoms with E-state index in [1.165, 1.54) is 0 Å². The van der Waals surface area contributed by atoms with Gasteiger partial charge in [-0.1, -0.05) is 12.2 Å². The van der Waals surface area contributed by atoms with Gasteiger partial charge in [0.25, 0.3) is 0 Å². The molecule has 4 N–H and O–H groups in total. The Hall–Kier alpha value is -1.21. The maximum Gasteiger partial charge on any atom is 0.236 e. The zero-order valence-electron chi connectivity index (χ0n) is 11.5. The first-order chi connectivity index (χ1) is 8.74. The van der Waals surface area contributed by atoms with Gasteiger partial charge in [0.1, 0.15) is 0 Å². The van der Waals surface area contributed by atoms with Crippen LogP contribution < -0.4 is 11.5 Å². The molecule has 1 aliphatic heterocycles. The quantitative estimate of drug-likeness (QED) is 0.631. The van der Waals surface area contributed by atoms with Crippen LogP contribution in [0.4, 0.5) is 0 Å². The van der Waals surface area contributed by atoms with Crippen LogP contribution in [0.2, 0.25) is 0 Å². The van der Waals surface area contributed by atoms with Crippen molar-refractivity contribution in [3.63, 3.8) is 0 Å². The second-order valence-electron chi connectivity index (χ2n) is 5.42. The predicted molar refractivity (Wildman–Crippen MR) is 77.4 cm³/mol. The molecule has 1 fully saturated rings. The summed E-state index contributed by atoms with van der Waals surface area (Å²) in [5.41, 5.74) is 10.3. The minimum atomic E-state index is -0.516. The van der Waals surface area contributed by atoms with Crippen molar-refractivity contribution in [3.05, 3.63) is 0 Å². The average molecular weight is 286 g/mol. The number of primary amides is 1. The number of rotatable bonds is 6. The van der Waals surface area contributed by atoms with Crippen LogP contribution >= 0.6 is 12.2 Å². The highest BCUT2D eigenvalue weighted by molar-refractivity contribution is 7.80. The van der Waals surface area contributed by atoms with E-state index in [0.29, 0.717) is 44.0 Å². The standard InChI is InChI=1S/C12H22N4O2S/c1-12(11(14)18)4-6-16(8-12)7-10(17)15(2)5-3-9(13)19/h3-8H2,1-2H3,(H2,13,19)(H2,14,18). The number of likely N-dealkylation sites (tertiary alicyclic amines) is 1. The summed E-state index contributed by atoms with van der Waals surface area (Å²) >= 11 is 4.78. The summed E-state index contributed by atoms with van der Waals surface area (Å²) in [7, 11) is 1.73. The van der Waals surface area contributed by atoms with E-state index in [4.69, 9.17) is 23.7 Å². The fraction of sp³-hybridized carbons (Fsp3) is 0.750. The van der Waals surface area contributed by atoms with Crippen LogP contribution in [0.15, 0.2) is 0 Å². The lowest BCUT2D eigenvalue weighted by molar-refractivity contribution is -0.131. The van der Waals surface area contributed by atoms with Gasteiger partial charge in [-0.05, 0) is 19.9 Å². The number of hydrogen-bond donors (Lipinski definition) is 2. The van der Waals surface area contributed by atoms with E-state index in [9.17, 15) is 9.59 Å². The SMILES string of the molecule is CN(CCC(N)=S)C(=O)CN1CCC(C)(C(N)=O)C1. The molecular weight excluding hydrogens is 264 g/mol. The molecule has 0 aliphatic carbocycles. The summed E-state index contributed by atoms with van der Waals surface area (Å²) in [6, 6.07) is 0. The van der Waals surface area contributed by atoms with Crippen LogP contribution in [0.3, 0.4) is 0 Å². The van der Waals surface area contributed by atoms with Crippen molar-refractivity contribution in [2.45, 2.75) is 19.8 Å². The zero-order valence-corrected chi connectivity index (χ0v) is 12.3. The molecule has 6 nitrogen and oxygen atoms in total. The van der Waals surface area contributed by atoms with Gasteiger partial charge in [-0.25, -0.2) is 0 Å². The number of carbonyl (C=O) groups excluding carboxylic acids is 2. The van der Waals surface area contributed by atoms with Gasteiger partial charge in [-0.2, -0.15) is 0 Å². The van der Waals surface area contributed by atoms with Crippen LogP contribution in [0.25, 0.3) is 0 Å². The normalized spacial score (nSPS) is 23.3. The third-order valence-electron chi connectivity index (χ3n) is 3.63. The van der Waals surface area contributed by atoms with Crippen LogP contribution in [0, 0.1) is 5.41 Å². The number of carbonyl (C=O) groups is 2. The van der Waals surface area contributed by atoms with Crippen LogP contribution in [0.1, 0.15) is 19.8 Å². The molecule has 1 rings (SSSR count). The van der Waals surface area contributed by atoms with Crippen LogP contribution in [-0.4, -0.2) is 59.8 Å². The maximum absolute atomic E-state index is 12.0. The highest BCUT2D eigenvalue weighted by Crippen LogP contribution is 2.29. The lowest BCUT2D eigenvalue weighted by Crippen LogP contribution is -2.41. The Kier molecular flexibility index (Phi) is 5.25. The van der Waals surface area contributed by atoms with Crippen molar-refractivity contribution >= 4 is 29.0 Å². The molecule has 0 aromatic heterocycles. The van der Waals surface area contributed by atoms with Gasteiger partial charge < -0.3 is 16.4 Å². The van der Waals surface area contributed by atoms with E-state index in [1.807, 2.05) is 11.8 Å². The molecule has 1 saturated heterocycles. The average Bonchev–Trinajstić information content (AvgIpc) is 2.69. The first-order valence-corrected chi connectivity index (χ1v) is 6.70. The summed E-state index contributed by atoms with van der Waals surface area (Å²) < 4.78 is 0. The van der Waals surface area contributed by atoms with E-state index in [-0.39, 0.29) is 11.8 Å². The number of amides is 2. The van der Waals surface area contributed by atoms with Crippen molar-refractivity contribution in [2.75, 3.05) is 33.2 Å². The van der Waals surface area contributed by atoms with Crippen molar-refractivity contribution in [1.82, 2.24) is 9.80 Å². The number of nitrogens with two attached hydrogens (primary N) is 2. The summed E-state index contributed by atoms with van der Waals surface area (Å²) in [6.07, 6.45) is 1.22. The third-order valence-corrected chi connectivity index (χ3v) is 3.83. The monoisotopic (exact) mass is 286 g/mol. The van der Waals surface area contributed by atoms with Crippen molar-refractivity contribution in [3.8, 4) is 0 Å². The molecule has 1 heterocycles. The van der Waals surface area contributed by atoms with Gasteiger partial charge in [0, 0.05) is 26.6 Å². The molecule has 0 aromatic carbocycles. The van der Waals surface area contributed by atoms with Gasteiger partial charge in [0.05, 0.1) is 16.9 Å². The highest BCUT2D eigenvalue weighted by atomic mass is 32.1. The molecule has 0 bridgehead atoms. The van der Waals surface area contributed by atoms with E-state index in [0.717, 1.165) is 0 Å². The van der Waals surface area contributed by atoms with Crippen LogP contribution in [0.5, 0.6) is 0 Å². The Morgan fingerprint density at radius 1 is 1.42 bits per heavy atom. The number of nitrogens with zero attached hydrogens (tertiary/aromatic N) is 2. The molecule has 1 aliphatic rings. The number of hydrogen-bond acceptors (Lipinski definition) is 4. The van der Waals surface area contributed by atoms with Gasteiger partial charge in [-0.15, -0.1) is 0 Å². The molecule has 1 unspecified atom stereocenters. The Morgan fingerprint density at radius 3 is 2.53 bits per heavy atom. The molecule has 108 valence electrons. The first kappa shape index (κ1) is 15.8. The highest BCUT2D eigenvalue weighted by Gasteiger charge is 2.39. The minimum absolute atomic E-state index is 0.00460. The summed E-state index contributed by atoms with van der Waals surface area (Å²) in [5, 5.41) is 0. The van der Waals surface area contributed by atoms with E-state index in [1.54, 1.807) is 11.9 Å². The molecule has 0 radical (unpaired) electrons. The van der Waals surface area contributed by atoms with Gasteiger partial charge in [0.15, 0.2) is 0 Å². The Labute approximate surface area is 119 Å². The van der Waals surface area contributed by atoms with Crippen molar-refractivity contribution in [1.29, 1.82) is 0 Å². The smallest absolute Gasteiger partial charge is 0.236 e. The fourth-order valence-corrected chi connectivity index (χ4v) is 2.20. The van der Waals surface area contributed by atoms with Crippen LogP contribution in [-0.2, 0) is 9.59 Å². The van der Waals surface area contributed by atoms with Gasteiger partial charge in [0.2, 0.25) is 11.8 Å². The summed E-state index contributed by atoms with van der Waals surface area (Å²) in [5.74, 6) is -0.297. The number of thiocarbonyl (C=S) groups is 1. The Bertz CT molecular complexity index is 388. The number of likely N-dealkylation sites (N-methyl/N-ethyl adjacent to an activating group) is 1. The fourth-order valence-electron chi connectivity index (χ4n) is 2.11. The third kappa shape index (κ3) is 4.43. The van der Waals surface area contributed by atoms with E-state index < -0.39 is 5.41 Å². The topological polar surface area (TPSA) is 92.7 Å². The predicted octanol–water partition coefficient (Wildman–Crippen LogP) is -0.682. The Morgan fingerprint density at radius 2 is 2.05 bits per heavy atom. The zero-order chi connectivity index (χ0) is 14.6. The van der Waals surface area contributed by atoms with Crippen molar-refractivity contribution in [2.24, 2.45) is 16.9 Å². The van der Waals surface area contributed by atoms with Crippen molar-refractivity contribution < 1.29 is 9.59 Å². The molecule has 19 heavy (non-hydrogen) atoms. The molecule has 1 atom stereocenters. The largest absolute Gasteiger partial charge is 0.393 e. The summed E-state index contributed by atoms with van der Waals surface area (Å²) in [4.78, 5) is 27.3.